The summed E-state index contributed by atoms with van der Waals surface area (Å²) < 4.78 is 17.5. The van der Waals surface area contributed by atoms with Gasteiger partial charge in [-0.25, -0.2) is 9.18 Å². The molecule has 1 aromatic carbocycles. The van der Waals surface area contributed by atoms with E-state index in [4.69, 9.17) is 0 Å². The molecule has 1 aromatic rings. The number of methoxy groups -OCH3 is 1. The Balaban J connectivity index is 2.54. The lowest BCUT2D eigenvalue weighted by atomic mass is 10.1. The minimum Gasteiger partial charge on any atom is -0.466 e. The van der Waals surface area contributed by atoms with E-state index < -0.39 is 0 Å². The van der Waals surface area contributed by atoms with Crippen molar-refractivity contribution in [2.75, 3.05) is 13.7 Å². The molecule has 0 spiro atoms. The topological polar surface area (TPSA) is 38.3 Å². The first-order valence-electron chi connectivity index (χ1n) is 6.34. The maximum Gasteiger partial charge on any atom is 0.333 e. The second kappa shape index (κ2) is 7.69. The number of nitrogens with one attached hydrogen (secondary N) is 1. The fraction of sp³-hybridized carbons (Fsp3) is 0.400. The fourth-order valence-corrected chi connectivity index (χ4v) is 1.73. The molecule has 0 aliphatic heterocycles. The van der Waals surface area contributed by atoms with Crippen molar-refractivity contribution >= 4 is 5.97 Å². The van der Waals surface area contributed by atoms with Gasteiger partial charge in [-0.1, -0.05) is 25.1 Å². The van der Waals surface area contributed by atoms with E-state index in [2.05, 4.69) is 10.1 Å². The standard InChI is InChI=1S/C15H20FNO2/c1-4-12(15(18)19-3)9-10-17-11(2)13-5-7-14(16)8-6-13/h5-9,11,17H,4,10H2,1-3H3/b12-9-/t11-/m0/s1. The Hall–Kier alpha value is -1.68. The van der Waals surface area contributed by atoms with Gasteiger partial charge in [-0.2, -0.15) is 0 Å². The van der Waals surface area contributed by atoms with Gasteiger partial charge < -0.3 is 10.1 Å². The van der Waals surface area contributed by atoms with Crippen LogP contribution in [-0.4, -0.2) is 19.6 Å². The molecule has 1 rings (SSSR count). The first kappa shape index (κ1) is 15.4. The van der Waals surface area contributed by atoms with Gasteiger partial charge in [0.1, 0.15) is 5.82 Å². The van der Waals surface area contributed by atoms with Crippen LogP contribution >= 0.6 is 0 Å². The van der Waals surface area contributed by atoms with Gasteiger partial charge in [0.15, 0.2) is 0 Å². The minimum atomic E-state index is -0.293. The van der Waals surface area contributed by atoms with Crippen LogP contribution < -0.4 is 5.32 Å². The van der Waals surface area contributed by atoms with Gasteiger partial charge in [0, 0.05) is 18.2 Å². The Morgan fingerprint density at radius 1 is 1.42 bits per heavy atom. The third-order valence-electron chi connectivity index (χ3n) is 2.97. The second-order valence-electron chi connectivity index (χ2n) is 4.26. The van der Waals surface area contributed by atoms with Crippen molar-refractivity contribution < 1.29 is 13.9 Å². The summed E-state index contributed by atoms with van der Waals surface area (Å²) in [6.07, 6.45) is 2.46. The number of esters is 1. The third kappa shape index (κ3) is 4.83. The zero-order chi connectivity index (χ0) is 14.3. The molecule has 1 N–H and O–H groups in total. The quantitative estimate of drug-likeness (QED) is 0.635. The molecule has 0 bridgehead atoms. The number of rotatable bonds is 6. The lowest BCUT2D eigenvalue weighted by molar-refractivity contribution is -0.136. The van der Waals surface area contributed by atoms with E-state index in [0.717, 1.165) is 5.56 Å². The molecule has 0 aliphatic rings. The van der Waals surface area contributed by atoms with Crippen LogP contribution in [0.1, 0.15) is 31.9 Å². The van der Waals surface area contributed by atoms with Crippen molar-refractivity contribution in [1.82, 2.24) is 5.32 Å². The average molecular weight is 265 g/mol. The number of hydrogen-bond donors (Lipinski definition) is 1. The van der Waals surface area contributed by atoms with Crippen LogP contribution in [-0.2, 0) is 9.53 Å². The van der Waals surface area contributed by atoms with E-state index in [1.807, 2.05) is 19.9 Å². The maximum atomic E-state index is 12.8. The number of carbonyl (C=O) groups excluding carboxylic acids is 1. The summed E-state index contributed by atoms with van der Waals surface area (Å²) >= 11 is 0. The number of halogens is 1. The highest BCUT2D eigenvalue weighted by atomic mass is 19.1. The Labute approximate surface area is 113 Å². The molecule has 0 saturated carbocycles. The summed E-state index contributed by atoms with van der Waals surface area (Å²) in [5.74, 6) is -0.534. The van der Waals surface area contributed by atoms with Crippen LogP contribution in [0.5, 0.6) is 0 Å². The first-order chi connectivity index (χ1) is 9.08. The summed E-state index contributed by atoms with van der Waals surface area (Å²) in [6.45, 7) is 4.47. The van der Waals surface area contributed by atoms with E-state index in [1.54, 1.807) is 12.1 Å². The number of carbonyl (C=O) groups is 1. The lowest BCUT2D eigenvalue weighted by Gasteiger charge is -2.13. The van der Waals surface area contributed by atoms with Crippen LogP contribution in [0.4, 0.5) is 4.39 Å². The molecule has 3 nitrogen and oxygen atoms in total. The molecule has 0 heterocycles. The van der Waals surface area contributed by atoms with Crippen LogP contribution in [0.15, 0.2) is 35.9 Å². The van der Waals surface area contributed by atoms with Gasteiger partial charge in [-0.05, 0) is 31.0 Å². The molecule has 0 amide bonds. The number of ether oxygens (including phenoxy) is 1. The van der Waals surface area contributed by atoms with Gasteiger partial charge in [-0.3, -0.25) is 0 Å². The van der Waals surface area contributed by atoms with Crippen molar-refractivity contribution in [3.63, 3.8) is 0 Å². The van der Waals surface area contributed by atoms with Crippen molar-refractivity contribution in [3.8, 4) is 0 Å². The molecule has 4 heteroatoms. The number of hydrogen-bond acceptors (Lipinski definition) is 3. The first-order valence-corrected chi connectivity index (χ1v) is 6.34. The predicted molar refractivity (Wildman–Crippen MR) is 73.2 cm³/mol. The molecule has 0 radical (unpaired) electrons. The zero-order valence-electron chi connectivity index (χ0n) is 11.6. The molecular weight excluding hydrogens is 245 g/mol. The third-order valence-corrected chi connectivity index (χ3v) is 2.97. The monoisotopic (exact) mass is 265 g/mol. The van der Waals surface area contributed by atoms with Gasteiger partial charge >= 0.3 is 5.97 Å². The summed E-state index contributed by atoms with van der Waals surface area (Å²) in [5, 5.41) is 3.26. The molecule has 0 aliphatic carbocycles. The highest BCUT2D eigenvalue weighted by Gasteiger charge is 2.07. The van der Waals surface area contributed by atoms with Gasteiger partial charge in [0.25, 0.3) is 0 Å². The van der Waals surface area contributed by atoms with Gasteiger partial charge in [-0.15, -0.1) is 0 Å². The molecule has 0 aromatic heterocycles. The molecule has 0 unspecified atom stereocenters. The van der Waals surface area contributed by atoms with E-state index >= 15 is 0 Å². The zero-order valence-corrected chi connectivity index (χ0v) is 11.6. The van der Waals surface area contributed by atoms with Crippen molar-refractivity contribution in [2.45, 2.75) is 26.3 Å². The molecule has 19 heavy (non-hydrogen) atoms. The highest BCUT2D eigenvalue weighted by Crippen LogP contribution is 2.12. The lowest BCUT2D eigenvalue weighted by Crippen LogP contribution is -2.19. The smallest absolute Gasteiger partial charge is 0.333 e. The molecule has 1 atom stereocenters. The Morgan fingerprint density at radius 3 is 2.58 bits per heavy atom. The van der Waals surface area contributed by atoms with Crippen molar-refractivity contribution in [1.29, 1.82) is 0 Å². The van der Waals surface area contributed by atoms with E-state index in [0.29, 0.717) is 18.5 Å². The molecule has 0 saturated heterocycles. The van der Waals surface area contributed by atoms with Crippen LogP contribution in [0.2, 0.25) is 0 Å². The summed E-state index contributed by atoms with van der Waals surface area (Å²) in [4.78, 5) is 11.4. The SMILES string of the molecule is CC/C(=C/CN[C@@H](C)c1ccc(F)cc1)C(=O)OC. The Morgan fingerprint density at radius 2 is 2.05 bits per heavy atom. The summed E-state index contributed by atoms with van der Waals surface area (Å²) in [5.41, 5.74) is 1.66. The summed E-state index contributed by atoms with van der Waals surface area (Å²) in [7, 11) is 1.38. The molecular formula is C15H20FNO2. The van der Waals surface area contributed by atoms with Crippen LogP contribution in [0, 0.1) is 5.82 Å². The van der Waals surface area contributed by atoms with Crippen molar-refractivity contribution in [2.24, 2.45) is 0 Å². The van der Waals surface area contributed by atoms with E-state index in [-0.39, 0.29) is 17.8 Å². The van der Waals surface area contributed by atoms with Crippen LogP contribution in [0.25, 0.3) is 0 Å². The maximum absolute atomic E-state index is 12.8. The largest absolute Gasteiger partial charge is 0.466 e. The predicted octanol–water partition coefficient (Wildman–Crippen LogP) is 2.99. The minimum absolute atomic E-state index is 0.0904. The molecule has 104 valence electrons. The second-order valence-corrected chi connectivity index (χ2v) is 4.26. The van der Waals surface area contributed by atoms with Gasteiger partial charge in [0.05, 0.1) is 7.11 Å². The molecule has 0 fully saturated rings. The summed E-state index contributed by atoms with van der Waals surface area (Å²) in [6, 6.07) is 6.47. The highest BCUT2D eigenvalue weighted by molar-refractivity contribution is 5.88. The van der Waals surface area contributed by atoms with Gasteiger partial charge in [0.2, 0.25) is 0 Å². The van der Waals surface area contributed by atoms with Crippen LogP contribution in [0.3, 0.4) is 0 Å². The average Bonchev–Trinajstić information content (AvgIpc) is 2.43. The normalized spacial score (nSPS) is 13.2. The fourth-order valence-electron chi connectivity index (χ4n) is 1.73. The van der Waals surface area contributed by atoms with E-state index in [1.165, 1.54) is 19.2 Å². The van der Waals surface area contributed by atoms with E-state index in [9.17, 15) is 9.18 Å². The number of benzene rings is 1. The van der Waals surface area contributed by atoms with Crippen molar-refractivity contribution in [3.05, 3.63) is 47.3 Å². The Bertz CT molecular complexity index is 440. The Kier molecular flexibility index (Phi) is 6.22.